The monoisotopic (exact) mass is 481 g/mol. The number of rotatable bonds is 6. The van der Waals surface area contributed by atoms with Crippen LogP contribution in [0.1, 0.15) is 78.6 Å². The molecule has 0 aromatic carbocycles. The summed E-state index contributed by atoms with van der Waals surface area (Å²) in [4.78, 5) is 23.1. The van der Waals surface area contributed by atoms with Crippen molar-refractivity contribution in [2.24, 2.45) is 46.3 Å². The van der Waals surface area contributed by atoms with Crippen LogP contribution >= 0.6 is 12.6 Å². The van der Waals surface area contributed by atoms with Gasteiger partial charge in [-0.1, -0.05) is 20.8 Å². The van der Waals surface area contributed by atoms with E-state index in [2.05, 4.69) is 38.7 Å². The van der Waals surface area contributed by atoms with Crippen molar-refractivity contribution in [1.29, 1.82) is 0 Å². The van der Waals surface area contributed by atoms with E-state index in [1.165, 1.54) is 0 Å². The molecule has 1 amide bonds. The van der Waals surface area contributed by atoms with E-state index in [-0.39, 0.29) is 58.4 Å². The number of carbonyl (C=O) groups is 2. The van der Waals surface area contributed by atoms with Crippen LogP contribution < -0.4 is 5.32 Å². The van der Waals surface area contributed by atoms with Gasteiger partial charge in [0.2, 0.25) is 11.0 Å². The zero-order valence-electron chi connectivity index (χ0n) is 20.4. The molecule has 0 aromatic heterocycles. The lowest BCUT2D eigenvalue weighted by atomic mass is 9.43. The predicted molar refractivity (Wildman–Crippen MR) is 129 cm³/mol. The summed E-state index contributed by atoms with van der Waals surface area (Å²) >= 11 is 3.69. The van der Waals surface area contributed by atoms with E-state index < -0.39 is 6.10 Å². The van der Waals surface area contributed by atoms with Gasteiger partial charge in [-0.2, -0.15) is 0 Å². The van der Waals surface area contributed by atoms with Gasteiger partial charge in [-0.3, -0.25) is 9.59 Å². The van der Waals surface area contributed by atoms with Gasteiger partial charge in [0.25, 0.3) is 0 Å². The standard InChI is InChI=1S/C26H43NO5S/c1-14(4-7-22(31)27-13-23(32)33)17-5-6-18-24-19(12-21(30)26(17,18)3)25(2)9-8-16(28)10-15(25)11-20(24)29/h14-21,24,28-30H,4-13H2,1-3H3,(H,27,31)(H,32,33)/t14-,15?,16-,17-,18?,19?,20-,21+,24?,25+,26-/m1/s1. The Morgan fingerprint density at radius 3 is 2.48 bits per heavy atom. The van der Waals surface area contributed by atoms with Crippen molar-refractivity contribution in [2.45, 2.75) is 96.9 Å². The second-order valence-electron chi connectivity index (χ2n) is 12.2. The fourth-order valence-electron chi connectivity index (χ4n) is 8.95. The number of nitrogens with one attached hydrogen (secondary N) is 1. The van der Waals surface area contributed by atoms with Gasteiger partial charge in [-0.15, -0.1) is 12.6 Å². The van der Waals surface area contributed by atoms with E-state index in [0.717, 1.165) is 51.4 Å². The maximum absolute atomic E-state index is 12.1. The highest BCUT2D eigenvalue weighted by molar-refractivity contribution is 7.96. The molecule has 4 rings (SSSR count). The molecular weight excluding hydrogens is 438 g/mol. The average molecular weight is 482 g/mol. The van der Waals surface area contributed by atoms with Crippen molar-refractivity contribution in [3.8, 4) is 0 Å². The number of hydrogen-bond donors (Lipinski definition) is 5. The molecule has 0 radical (unpaired) electrons. The van der Waals surface area contributed by atoms with Crippen LogP contribution in [0.25, 0.3) is 0 Å². The fourth-order valence-corrected chi connectivity index (χ4v) is 9.03. The predicted octanol–water partition coefficient (Wildman–Crippen LogP) is 2.94. The molecule has 0 saturated heterocycles. The summed E-state index contributed by atoms with van der Waals surface area (Å²) in [5.41, 5.74) is -0.172. The molecule has 4 saturated carbocycles. The molecular formula is C26H43NO5S. The Hall–Kier alpha value is -0.630. The number of aliphatic hydroxyl groups excluding tert-OH is 3. The van der Waals surface area contributed by atoms with Gasteiger partial charge in [0.1, 0.15) is 0 Å². The van der Waals surface area contributed by atoms with Crippen LogP contribution in [0.5, 0.6) is 0 Å². The van der Waals surface area contributed by atoms with Gasteiger partial charge in [0, 0.05) is 6.42 Å². The summed E-state index contributed by atoms with van der Waals surface area (Å²) < 4.78 is 0. The van der Waals surface area contributed by atoms with Gasteiger partial charge in [0.05, 0.1) is 24.9 Å². The van der Waals surface area contributed by atoms with Crippen LogP contribution in [-0.4, -0.2) is 51.2 Å². The molecule has 33 heavy (non-hydrogen) atoms. The third-order valence-electron chi connectivity index (χ3n) is 10.8. The first kappa shape index (κ1) is 25.5. The first-order valence-corrected chi connectivity index (χ1v) is 13.5. The molecule has 4 aliphatic rings. The number of amides is 1. The Morgan fingerprint density at radius 2 is 1.79 bits per heavy atom. The summed E-state index contributed by atoms with van der Waals surface area (Å²) in [6.07, 6.45) is 6.16. The summed E-state index contributed by atoms with van der Waals surface area (Å²) in [5, 5.41) is 35.5. The Bertz CT molecular complexity index is 763. The van der Waals surface area contributed by atoms with Crippen molar-refractivity contribution in [3.05, 3.63) is 0 Å². The molecule has 0 aliphatic heterocycles. The molecule has 0 aromatic rings. The maximum Gasteiger partial charge on any atom is 0.220 e. The molecule has 188 valence electrons. The highest BCUT2D eigenvalue weighted by Gasteiger charge is 2.65. The van der Waals surface area contributed by atoms with Crippen molar-refractivity contribution in [3.63, 3.8) is 0 Å². The second-order valence-corrected chi connectivity index (χ2v) is 12.7. The van der Waals surface area contributed by atoms with Crippen LogP contribution in [0, 0.1) is 46.3 Å². The van der Waals surface area contributed by atoms with Gasteiger partial charge in [-0.05, 0) is 97.7 Å². The summed E-state index contributed by atoms with van der Waals surface area (Å²) in [6.45, 7) is 6.73. The minimum Gasteiger partial charge on any atom is -0.393 e. The lowest BCUT2D eigenvalue weighted by Crippen LogP contribution is -2.62. The number of carbonyl (C=O) groups excluding carboxylic acids is 2. The largest absolute Gasteiger partial charge is 0.393 e. The number of aliphatic hydroxyl groups is 3. The van der Waals surface area contributed by atoms with Crippen LogP contribution in [0.15, 0.2) is 0 Å². The molecule has 4 unspecified atom stereocenters. The fraction of sp³-hybridized carbons (Fsp3) is 0.923. The molecule has 6 nitrogen and oxygen atoms in total. The molecule has 0 heterocycles. The van der Waals surface area contributed by atoms with Gasteiger partial charge in [-0.25, -0.2) is 0 Å². The summed E-state index contributed by atoms with van der Waals surface area (Å²) in [6, 6.07) is 0. The molecule has 4 aliphatic carbocycles. The van der Waals surface area contributed by atoms with E-state index in [0.29, 0.717) is 24.2 Å². The Morgan fingerprint density at radius 1 is 1.06 bits per heavy atom. The zero-order valence-corrected chi connectivity index (χ0v) is 21.3. The highest BCUT2D eigenvalue weighted by atomic mass is 32.1. The normalized spacial score (nSPS) is 47.7. The smallest absolute Gasteiger partial charge is 0.220 e. The average Bonchev–Trinajstić information content (AvgIpc) is 3.11. The highest BCUT2D eigenvalue weighted by Crippen LogP contribution is 2.68. The van der Waals surface area contributed by atoms with E-state index >= 15 is 0 Å². The van der Waals surface area contributed by atoms with Crippen LogP contribution in [-0.2, 0) is 9.59 Å². The SMILES string of the molecule is C[C@H](CCC(=O)NCC(=O)S)[C@H]1CCC2C3C(C[C@H](O)[C@@]21C)[C@@]1(C)CC[C@@H](O)CC1C[C@H]3O. The third kappa shape index (κ3) is 4.41. The first-order chi connectivity index (χ1) is 15.5. The second kappa shape index (κ2) is 9.44. The summed E-state index contributed by atoms with van der Waals surface area (Å²) in [7, 11) is 0. The molecule has 7 heteroatoms. The van der Waals surface area contributed by atoms with Crippen molar-refractivity contribution >= 4 is 23.7 Å². The number of fused-ring (bicyclic) bond motifs is 5. The van der Waals surface area contributed by atoms with Crippen molar-refractivity contribution in [1.82, 2.24) is 5.32 Å². The van der Waals surface area contributed by atoms with Gasteiger partial charge < -0.3 is 20.6 Å². The van der Waals surface area contributed by atoms with Gasteiger partial charge in [0.15, 0.2) is 0 Å². The molecule has 11 atom stereocenters. The van der Waals surface area contributed by atoms with E-state index in [4.69, 9.17) is 0 Å². The quantitative estimate of drug-likeness (QED) is 0.375. The van der Waals surface area contributed by atoms with Gasteiger partial charge >= 0.3 is 0 Å². The van der Waals surface area contributed by atoms with Crippen molar-refractivity contribution < 1.29 is 24.9 Å². The lowest BCUT2D eigenvalue weighted by molar-refractivity contribution is -0.207. The molecule has 0 spiro atoms. The Balaban J connectivity index is 1.49. The Kier molecular flexibility index (Phi) is 7.28. The topological polar surface area (TPSA) is 107 Å². The molecule has 4 fully saturated rings. The third-order valence-corrected chi connectivity index (χ3v) is 10.9. The lowest BCUT2D eigenvalue weighted by Gasteiger charge is -2.63. The van der Waals surface area contributed by atoms with Crippen molar-refractivity contribution in [2.75, 3.05) is 6.54 Å². The van der Waals surface area contributed by atoms with E-state index in [9.17, 15) is 24.9 Å². The Labute approximate surface area is 203 Å². The minimum atomic E-state index is -0.413. The van der Waals surface area contributed by atoms with E-state index in [1.807, 2.05) is 0 Å². The van der Waals surface area contributed by atoms with Crippen LogP contribution in [0.3, 0.4) is 0 Å². The van der Waals surface area contributed by atoms with Crippen LogP contribution in [0.4, 0.5) is 0 Å². The number of thiol groups is 1. The first-order valence-electron chi connectivity index (χ1n) is 13.0. The summed E-state index contributed by atoms with van der Waals surface area (Å²) in [5.74, 6) is 1.57. The number of hydrogen-bond acceptors (Lipinski definition) is 5. The minimum absolute atomic E-state index is 0.0456. The molecule has 0 bridgehead atoms. The maximum atomic E-state index is 12.1. The molecule has 4 N–H and O–H groups in total. The van der Waals surface area contributed by atoms with Crippen LogP contribution in [0.2, 0.25) is 0 Å². The van der Waals surface area contributed by atoms with E-state index in [1.54, 1.807) is 0 Å². The zero-order chi connectivity index (χ0) is 24.1.